The number of benzene rings is 2. The minimum Gasteiger partial charge on any atom is -0.489 e. The number of unbranched alkanes of at least 4 members (excludes halogenated alkanes) is 4. The minimum absolute atomic E-state index is 0.198. The van der Waals surface area contributed by atoms with E-state index in [9.17, 15) is 4.79 Å². The van der Waals surface area contributed by atoms with Gasteiger partial charge in [-0.15, -0.1) is 0 Å². The summed E-state index contributed by atoms with van der Waals surface area (Å²) >= 11 is 6.03. The lowest BCUT2D eigenvalue weighted by molar-refractivity contribution is 0.0954. The Balaban J connectivity index is 1.78. The van der Waals surface area contributed by atoms with Crippen LogP contribution >= 0.6 is 11.6 Å². The van der Waals surface area contributed by atoms with E-state index in [-0.39, 0.29) is 5.91 Å². The van der Waals surface area contributed by atoms with Crippen molar-refractivity contribution < 1.29 is 9.53 Å². The van der Waals surface area contributed by atoms with Crippen LogP contribution in [0.3, 0.4) is 0 Å². The molecule has 156 valence electrons. The highest BCUT2D eigenvalue weighted by atomic mass is 35.5. The van der Waals surface area contributed by atoms with Crippen LogP contribution in [0.25, 0.3) is 0 Å². The molecule has 2 aromatic carbocycles. The van der Waals surface area contributed by atoms with E-state index in [1.165, 1.54) is 25.7 Å². The molecule has 0 bridgehead atoms. The fourth-order valence-electron chi connectivity index (χ4n) is 2.88. The Morgan fingerprint density at radius 3 is 2.48 bits per heavy atom. The number of nitrogens with one attached hydrogen (secondary N) is 1. The second-order valence-electron chi connectivity index (χ2n) is 7.35. The molecule has 2 aromatic rings. The third-order valence-corrected chi connectivity index (χ3v) is 5.17. The Kier molecular flexibility index (Phi) is 9.72. The first kappa shape index (κ1) is 23.0. The molecule has 0 aliphatic carbocycles. The highest BCUT2D eigenvalue weighted by molar-refractivity contribution is 6.31. The van der Waals surface area contributed by atoms with Crippen LogP contribution in [0.15, 0.2) is 47.6 Å². The number of carbonyl (C=O) groups excluding carboxylic acids is 1. The van der Waals surface area contributed by atoms with E-state index in [0.717, 1.165) is 40.5 Å². The third kappa shape index (κ3) is 8.28. The van der Waals surface area contributed by atoms with Gasteiger partial charge in [-0.3, -0.25) is 4.79 Å². The van der Waals surface area contributed by atoms with Crippen LogP contribution in [-0.2, 0) is 6.61 Å². The number of aryl methyl sites for hydroxylation is 1. The van der Waals surface area contributed by atoms with Crippen LogP contribution in [0.1, 0.15) is 73.9 Å². The molecule has 0 saturated heterocycles. The van der Waals surface area contributed by atoms with Crippen LogP contribution in [0.4, 0.5) is 0 Å². The number of rotatable bonds is 11. The molecule has 29 heavy (non-hydrogen) atoms. The lowest BCUT2D eigenvalue weighted by atomic mass is 10.1. The Hall–Kier alpha value is -2.33. The van der Waals surface area contributed by atoms with Crippen LogP contribution in [0.5, 0.6) is 5.75 Å². The normalized spacial score (nSPS) is 11.4. The van der Waals surface area contributed by atoms with Crippen molar-refractivity contribution in [2.24, 2.45) is 5.10 Å². The topological polar surface area (TPSA) is 50.7 Å². The van der Waals surface area contributed by atoms with Crippen molar-refractivity contribution in [3.63, 3.8) is 0 Å². The first-order valence-corrected chi connectivity index (χ1v) is 10.7. The first-order chi connectivity index (χ1) is 14.0. The number of amides is 1. The highest BCUT2D eigenvalue weighted by Gasteiger charge is 2.05. The molecule has 0 unspecified atom stereocenters. The molecule has 0 atom stereocenters. The lowest BCUT2D eigenvalue weighted by Gasteiger charge is -2.08. The van der Waals surface area contributed by atoms with Crippen molar-refractivity contribution in [3.8, 4) is 5.75 Å². The number of carbonyl (C=O) groups is 1. The standard InChI is InChI=1S/C24H31ClN2O2/c1-4-5-6-7-8-9-19(3)26-27-24(28)21-12-10-20(11-13-21)17-29-22-14-15-23(25)18(2)16-22/h10-16H,4-9,17H2,1-3H3,(H,27,28)/b26-19-. The van der Waals surface area contributed by atoms with Crippen molar-refractivity contribution in [2.75, 3.05) is 0 Å². The monoisotopic (exact) mass is 414 g/mol. The zero-order valence-corrected chi connectivity index (χ0v) is 18.4. The van der Waals surface area contributed by atoms with Gasteiger partial charge < -0.3 is 4.74 Å². The van der Waals surface area contributed by atoms with Gasteiger partial charge in [0.15, 0.2) is 0 Å². The van der Waals surface area contributed by atoms with Gasteiger partial charge in [-0.1, -0.05) is 56.3 Å². The predicted molar refractivity (Wildman–Crippen MR) is 121 cm³/mol. The van der Waals surface area contributed by atoms with Crippen LogP contribution < -0.4 is 10.2 Å². The zero-order valence-electron chi connectivity index (χ0n) is 17.6. The number of hydrogen-bond acceptors (Lipinski definition) is 3. The average Bonchev–Trinajstić information content (AvgIpc) is 2.73. The number of ether oxygens (including phenoxy) is 1. The summed E-state index contributed by atoms with van der Waals surface area (Å²) in [6.07, 6.45) is 7.05. The van der Waals surface area contributed by atoms with Crippen LogP contribution in [0.2, 0.25) is 5.02 Å². The zero-order chi connectivity index (χ0) is 21.1. The second-order valence-corrected chi connectivity index (χ2v) is 7.76. The SMILES string of the molecule is CCCCCCC/C(C)=N\NC(=O)c1ccc(COc2ccc(Cl)c(C)c2)cc1. The maximum absolute atomic E-state index is 12.3. The molecule has 4 nitrogen and oxygen atoms in total. The van der Waals surface area contributed by atoms with Crippen LogP contribution in [-0.4, -0.2) is 11.6 Å². The summed E-state index contributed by atoms with van der Waals surface area (Å²) < 4.78 is 5.79. The van der Waals surface area contributed by atoms with Gasteiger partial charge in [0.2, 0.25) is 0 Å². The van der Waals surface area contributed by atoms with Gasteiger partial charge in [-0.25, -0.2) is 5.43 Å². The number of nitrogens with zero attached hydrogens (tertiary/aromatic N) is 1. The Morgan fingerprint density at radius 1 is 1.07 bits per heavy atom. The van der Waals surface area contributed by atoms with E-state index in [4.69, 9.17) is 16.3 Å². The largest absolute Gasteiger partial charge is 0.489 e. The third-order valence-electron chi connectivity index (χ3n) is 4.74. The maximum atomic E-state index is 12.3. The molecule has 1 amide bonds. The molecule has 5 heteroatoms. The fourth-order valence-corrected chi connectivity index (χ4v) is 2.99. The van der Waals surface area contributed by atoms with Crippen molar-refractivity contribution in [1.82, 2.24) is 5.43 Å². The number of hydrogen-bond donors (Lipinski definition) is 1. The molecule has 0 aliphatic heterocycles. The van der Waals surface area contributed by atoms with E-state index in [1.807, 2.05) is 44.2 Å². The molecule has 0 radical (unpaired) electrons. The summed E-state index contributed by atoms with van der Waals surface area (Å²) in [4.78, 5) is 12.3. The number of halogens is 1. The van der Waals surface area contributed by atoms with Gasteiger partial charge in [0, 0.05) is 16.3 Å². The van der Waals surface area contributed by atoms with Gasteiger partial charge >= 0.3 is 0 Å². The van der Waals surface area contributed by atoms with Crippen molar-refractivity contribution in [1.29, 1.82) is 0 Å². The molecule has 0 aliphatic rings. The Labute approximate surface area is 179 Å². The van der Waals surface area contributed by atoms with Crippen LogP contribution in [0, 0.1) is 6.92 Å². The summed E-state index contributed by atoms with van der Waals surface area (Å²) in [5.41, 5.74) is 6.15. The Morgan fingerprint density at radius 2 is 1.79 bits per heavy atom. The predicted octanol–water partition coefficient (Wildman–Crippen LogP) is 6.69. The Bertz CT molecular complexity index is 816. The summed E-state index contributed by atoms with van der Waals surface area (Å²) in [7, 11) is 0. The second kappa shape index (κ2) is 12.3. The minimum atomic E-state index is -0.198. The lowest BCUT2D eigenvalue weighted by Crippen LogP contribution is -2.19. The van der Waals surface area contributed by atoms with E-state index in [2.05, 4.69) is 17.5 Å². The molecule has 0 spiro atoms. The highest BCUT2D eigenvalue weighted by Crippen LogP contribution is 2.22. The summed E-state index contributed by atoms with van der Waals surface area (Å²) in [6.45, 7) is 6.54. The number of hydrazone groups is 1. The van der Waals surface area contributed by atoms with Gasteiger partial charge in [-0.2, -0.15) is 5.10 Å². The molecule has 2 rings (SSSR count). The fraction of sp³-hybridized carbons (Fsp3) is 0.417. The molecular formula is C24H31ClN2O2. The molecule has 0 heterocycles. The maximum Gasteiger partial charge on any atom is 0.271 e. The van der Waals surface area contributed by atoms with Crippen molar-refractivity contribution in [2.45, 2.75) is 65.9 Å². The van der Waals surface area contributed by atoms with Gasteiger partial charge in [0.05, 0.1) is 0 Å². The molecule has 1 N–H and O–H groups in total. The summed E-state index contributed by atoms with van der Waals surface area (Å²) in [6, 6.07) is 12.9. The van der Waals surface area contributed by atoms with Gasteiger partial charge in [-0.05, 0) is 68.1 Å². The molecule has 0 fully saturated rings. The average molecular weight is 415 g/mol. The van der Waals surface area contributed by atoms with E-state index in [0.29, 0.717) is 12.2 Å². The molecule has 0 aromatic heterocycles. The van der Waals surface area contributed by atoms with Gasteiger partial charge in [0.1, 0.15) is 12.4 Å². The quantitative estimate of drug-likeness (QED) is 0.253. The van der Waals surface area contributed by atoms with Crippen molar-refractivity contribution in [3.05, 3.63) is 64.2 Å². The smallest absolute Gasteiger partial charge is 0.271 e. The van der Waals surface area contributed by atoms with E-state index < -0.39 is 0 Å². The van der Waals surface area contributed by atoms with Crippen molar-refractivity contribution >= 4 is 23.2 Å². The summed E-state index contributed by atoms with van der Waals surface area (Å²) in [5.74, 6) is 0.573. The van der Waals surface area contributed by atoms with E-state index >= 15 is 0 Å². The first-order valence-electron chi connectivity index (χ1n) is 10.3. The summed E-state index contributed by atoms with van der Waals surface area (Å²) in [5, 5.41) is 4.94. The van der Waals surface area contributed by atoms with Gasteiger partial charge in [0.25, 0.3) is 5.91 Å². The molecule has 0 saturated carbocycles. The van der Waals surface area contributed by atoms with E-state index in [1.54, 1.807) is 12.1 Å². The molecular weight excluding hydrogens is 384 g/mol.